The first kappa shape index (κ1) is 16.9. The molecule has 0 aliphatic heterocycles. The van der Waals surface area contributed by atoms with Crippen molar-refractivity contribution in [2.75, 3.05) is 38.7 Å². The normalized spacial score (nSPS) is 14.2. The van der Waals surface area contributed by atoms with Crippen molar-refractivity contribution in [3.8, 4) is 0 Å². The molecule has 17 heavy (non-hydrogen) atoms. The van der Waals surface area contributed by atoms with Crippen molar-refractivity contribution < 1.29 is 8.42 Å². The molecule has 104 valence electrons. The molecule has 0 aromatic carbocycles. The van der Waals surface area contributed by atoms with E-state index in [9.17, 15) is 8.42 Å². The lowest BCUT2D eigenvalue weighted by molar-refractivity contribution is 0.264. The average Bonchev–Trinajstić information content (AvgIpc) is 2.24. The number of sulfone groups is 1. The standard InChI is InChI=1S/C12H28N2O2S/c1-5-6-7-8-13-11-12(2)14(3)9-10-17(4,15)16/h12-13H,5-11H2,1-4H3. The van der Waals surface area contributed by atoms with E-state index in [0.29, 0.717) is 12.6 Å². The van der Waals surface area contributed by atoms with Crippen molar-refractivity contribution in [1.82, 2.24) is 10.2 Å². The van der Waals surface area contributed by atoms with E-state index in [2.05, 4.69) is 24.1 Å². The SMILES string of the molecule is CCCCCNCC(C)N(C)CCS(C)(=O)=O. The molecule has 1 unspecified atom stereocenters. The highest BCUT2D eigenvalue weighted by Gasteiger charge is 2.11. The van der Waals surface area contributed by atoms with Gasteiger partial charge < -0.3 is 10.2 Å². The van der Waals surface area contributed by atoms with Gasteiger partial charge in [-0.2, -0.15) is 0 Å². The van der Waals surface area contributed by atoms with Gasteiger partial charge in [-0.3, -0.25) is 0 Å². The van der Waals surface area contributed by atoms with Crippen LogP contribution < -0.4 is 5.32 Å². The molecule has 1 N–H and O–H groups in total. The molecule has 0 spiro atoms. The van der Waals surface area contributed by atoms with Gasteiger partial charge in [-0.1, -0.05) is 19.8 Å². The number of unbranched alkanes of at least 4 members (excludes halogenated alkanes) is 2. The van der Waals surface area contributed by atoms with E-state index >= 15 is 0 Å². The van der Waals surface area contributed by atoms with E-state index in [-0.39, 0.29) is 5.75 Å². The van der Waals surface area contributed by atoms with Crippen molar-refractivity contribution in [2.45, 2.75) is 39.2 Å². The van der Waals surface area contributed by atoms with Crippen LogP contribution in [0.25, 0.3) is 0 Å². The average molecular weight is 264 g/mol. The zero-order chi connectivity index (χ0) is 13.3. The Hall–Kier alpha value is -0.130. The molecule has 0 fully saturated rings. The first-order chi connectivity index (χ1) is 7.87. The predicted molar refractivity (Wildman–Crippen MR) is 74.2 cm³/mol. The summed E-state index contributed by atoms with van der Waals surface area (Å²) < 4.78 is 22.1. The van der Waals surface area contributed by atoms with E-state index in [1.807, 2.05) is 7.05 Å². The first-order valence-corrected chi connectivity index (χ1v) is 8.51. The maximum Gasteiger partial charge on any atom is 0.148 e. The molecule has 0 aliphatic carbocycles. The number of hydrogen-bond acceptors (Lipinski definition) is 4. The molecule has 0 bridgehead atoms. The van der Waals surface area contributed by atoms with Gasteiger partial charge in [-0.15, -0.1) is 0 Å². The third kappa shape index (κ3) is 10.7. The molecular weight excluding hydrogens is 236 g/mol. The molecule has 1 atom stereocenters. The van der Waals surface area contributed by atoms with Crippen LogP contribution in [-0.4, -0.2) is 58.1 Å². The summed E-state index contributed by atoms with van der Waals surface area (Å²) in [5.41, 5.74) is 0. The molecule has 0 aromatic rings. The van der Waals surface area contributed by atoms with Crippen molar-refractivity contribution in [3.05, 3.63) is 0 Å². The molecule has 4 nitrogen and oxygen atoms in total. The summed E-state index contributed by atoms with van der Waals surface area (Å²) in [6.45, 7) is 6.90. The summed E-state index contributed by atoms with van der Waals surface area (Å²) in [5.74, 6) is 0.240. The molecule has 0 amide bonds. The number of nitrogens with zero attached hydrogens (tertiary/aromatic N) is 1. The lowest BCUT2D eigenvalue weighted by Crippen LogP contribution is -2.40. The Balaban J connectivity index is 3.64. The zero-order valence-electron chi connectivity index (χ0n) is 11.7. The lowest BCUT2D eigenvalue weighted by atomic mass is 10.2. The fraction of sp³-hybridized carbons (Fsp3) is 1.00. The Labute approximate surface area is 107 Å². The Bertz CT molecular complexity index is 278. The van der Waals surface area contributed by atoms with E-state index < -0.39 is 9.84 Å². The lowest BCUT2D eigenvalue weighted by Gasteiger charge is -2.24. The van der Waals surface area contributed by atoms with Crippen molar-refractivity contribution in [2.24, 2.45) is 0 Å². The minimum absolute atomic E-state index is 0.240. The van der Waals surface area contributed by atoms with Crippen LogP contribution in [0.4, 0.5) is 0 Å². The van der Waals surface area contributed by atoms with E-state index in [0.717, 1.165) is 13.1 Å². The number of nitrogens with one attached hydrogen (secondary N) is 1. The summed E-state index contributed by atoms with van der Waals surface area (Å²) in [4.78, 5) is 2.09. The van der Waals surface area contributed by atoms with Crippen LogP contribution in [0.1, 0.15) is 33.1 Å². The maximum absolute atomic E-state index is 11.0. The number of likely N-dealkylation sites (N-methyl/N-ethyl adjacent to an activating group) is 1. The molecule has 0 radical (unpaired) electrons. The predicted octanol–water partition coefficient (Wildman–Crippen LogP) is 1.13. The third-order valence-corrected chi connectivity index (χ3v) is 3.89. The molecule has 0 heterocycles. The molecule has 0 aliphatic rings. The quantitative estimate of drug-likeness (QED) is 0.601. The summed E-state index contributed by atoms with van der Waals surface area (Å²) >= 11 is 0. The van der Waals surface area contributed by atoms with E-state index in [1.54, 1.807) is 0 Å². The topological polar surface area (TPSA) is 49.4 Å². The fourth-order valence-corrected chi connectivity index (χ4v) is 2.12. The largest absolute Gasteiger partial charge is 0.315 e. The minimum Gasteiger partial charge on any atom is -0.315 e. The Morgan fingerprint density at radius 1 is 1.29 bits per heavy atom. The number of rotatable bonds is 10. The zero-order valence-corrected chi connectivity index (χ0v) is 12.5. The monoisotopic (exact) mass is 264 g/mol. The van der Waals surface area contributed by atoms with Crippen LogP contribution in [-0.2, 0) is 9.84 Å². The van der Waals surface area contributed by atoms with Gasteiger partial charge >= 0.3 is 0 Å². The van der Waals surface area contributed by atoms with Gasteiger partial charge in [0.1, 0.15) is 9.84 Å². The van der Waals surface area contributed by atoms with Crippen LogP contribution in [0, 0.1) is 0 Å². The summed E-state index contributed by atoms with van der Waals surface area (Å²) in [6, 6.07) is 0.373. The van der Waals surface area contributed by atoms with Crippen molar-refractivity contribution in [3.63, 3.8) is 0 Å². The van der Waals surface area contributed by atoms with Gasteiger partial charge in [0.25, 0.3) is 0 Å². The van der Waals surface area contributed by atoms with Gasteiger partial charge in [0.05, 0.1) is 5.75 Å². The van der Waals surface area contributed by atoms with E-state index in [4.69, 9.17) is 0 Å². The van der Waals surface area contributed by atoms with Crippen molar-refractivity contribution >= 4 is 9.84 Å². The van der Waals surface area contributed by atoms with Gasteiger partial charge in [0.15, 0.2) is 0 Å². The number of hydrogen-bond donors (Lipinski definition) is 1. The highest BCUT2D eigenvalue weighted by atomic mass is 32.2. The van der Waals surface area contributed by atoms with Gasteiger partial charge in [-0.25, -0.2) is 8.42 Å². The Kier molecular flexibility index (Phi) is 8.82. The fourth-order valence-electron chi connectivity index (χ4n) is 1.50. The third-order valence-electron chi connectivity index (χ3n) is 2.96. The molecule has 0 rings (SSSR count). The highest BCUT2D eigenvalue weighted by molar-refractivity contribution is 7.90. The first-order valence-electron chi connectivity index (χ1n) is 6.45. The second-order valence-electron chi connectivity index (χ2n) is 4.87. The van der Waals surface area contributed by atoms with Crippen LogP contribution in [0.15, 0.2) is 0 Å². The molecule has 0 saturated carbocycles. The Morgan fingerprint density at radius 3 is 2.47 bits per heavy atom. The van der Waals surface area contributed by atoms with Gasteiger partial charge in [-0.05, 0) is 26.9 Å². The Morgan fingerprint density at radius 2 is 1.94 bits per heavy atom. The molecule has 5 heteroatoms. The molecule has 0 saturated heterocycles. The maximum atomic E-state index is 11.0. The summed E-state index contributed by atoms with van der Waals surface area (Å²) in [6.07, 6.45) is 5.02. The summed E-state index contributed by atoms with van der Waals surface area (Å²) in [7, 11) is -0.872. The van der Waals surface area contributed by atoms with Gasteiger partial charge in [0, 0.05) is 25.4 Å². The summed E-state index contributed by atoms with van der Waals surface area (Å²) in [5, 5.41) is 3.41. The van der Waals surface area contributed by atoms with E-state index in [1.165, 1.54) is 25.5 Å². The van der Waals surface area contributed by atoms with Crippen LogP contribution in [0.3, 0.4) is 0 Å². The molecule has 0 aromatic heterocycles. The smallest absolute Gasteiger partial charge is 0.148 e. The van der Waals surface area contributed by atoms with Crippen LogP contribution in [0.2, 0.25) is 0 Å². The van der Waals surface area contributed by atoms with Gasteiger partial charge in [0.2, 0.25) is 0 Å². The minimum atomic E-state index is -2.85. The van der Waals surface area contributed by atoms with Crippen LogP contribution >= 0.6 is 0 Å². The second-order valence-corrected chi connectivity index (χ2v) is 7.13. The van der Waals surface area contributed by atoms with Crippen molar-refractivity contribution in [1.29, 1.82) is 0 Å². The van der Waals surface area contributed by atoms with Crippen LogP contribution in [0.5, 0.6) is 0 Å². The second kappa shape index (κ2) is 8.89. The highest BCUT2D eigenvalue weighted by Crippen LogP contribution is 1.96. The molecular formula is C12H28N2O2S.